The molecule has 0 bridgehead atoms. The highest BCUT2D eigenvalue weighted by Gasteiger charge is 2.21. The molecule has 33 heavy (non-hydrogen) atoms. The first kappa shape index (κ1) is 22.8. The summed E-state index contributed by atoms with van der Waals surface area (Å²) in [5, 5.41) is 9.35. The zero-order valence-corrected chi connectivity index (χ0v) is 19.0. The van der Waals surface area contributed by atoms with Gasteiger partial charge in [0.05, 0.1) is 35.3 Å². The number of benzene rings is 2. The molecule has 8 heteroatoms. The van der Waals surface area contributed by atoms with E-state index in [0.29, 0.717) is 42.4 Å². The van der Waals surface area contributed by atoms with E-state index in [-0.39, 0.29) is 17.6 Å². The molecule has 174 valence electrons. The summed E-state index contributed by atoms with van der Waals surface area (Å²) in [5.41, 5.74) is 2.97. The number of ether oxygens (including phenoxy) is 2. The molecule has 0 spiro atoms. The normalized spacial score (nSPS) is 16.6. The molecular formula is C25H29N3O5. The van der Waals surface area contributed by atoms with Crippen LogP contribution in [0.5, 0.6) is 6.01 Å². The van der Waals surface area contributed by atoms with E-state index in [0.717, 1.165) is 18.5 Å². The third-order valence-electron chi connectivity index (χ3n) is 6.09. The Balaban J connectivity index is 1.49. The highest BCUT2D eigenvalue weighted by molar-refractivity contribution is 5.92. The minimum atomic E-state index is -0.995. The number of esters is 1. The number of rotatable bonds is 8. The van der Waals surface area contributed by atoms with Crippen molar-refractivity contribution in [2.45, 2.75) is 38.8 Å². The van der Waals surface area contributed by atoms with Gasteiger partial charge in [0.25, 0.3) is 6.01 Å². The molecule has 1 fully saturated rings. The van der Waals surface area contributed by atoms with Crippen molar-refractivity contribution in [2.75, 3.05) is 26.8 Å². The minimum Gasteiger partial charge on any atom is -0.478 e. The van der Waals surface area contributed by atoms with Crippen LogP contribution in [-0.2, 0) is 11.3 Å². The summed E-state index contributed by atoms with van der Waals surface area (Å²) in [6.07, 6.45) is 3.41. The van der Waals surface area contributed by atoms with Gasteiger partial charge in [-0.05, 0) is 69.3 Å². The first-order valence-electron chi connectivity index (χ1n) is 11.3. The second kappa shape index (κ2) is 10.0. The Bertz CT molecular complexity index is 1140. The van der Waals surface area contributed by atoms with Crippen molar-refractivity contribution in [2.24, 2.45) is 0 Å². The van der Waals surface area contributed by atoms with Gasteiger partial charge in [-0.1, -0.05) is 18.6 Å². The maximum Gasteiger partial charge on any atom is 0.338 e. The van der Waals surface area contributed by atoms with Gasteiger partial charge in [-0.3, -0.25) is 4.57 Å². The summed E-state index contributed by atoms with van der Waals surface area (Å²) in [6, 6.07) is 12.8. The fourth-order valence-corrected chi connectivity index (χ4v) is 4.16. The summed E-state index contributed by atoms with van der Waals surface area (Å²) in [6.45, 7) is 4.18. The number of likely N-dealkylation sites (tertiary alicyclic amines) is 1. The standard InChI is InChI=1S/C25H29N3O5/c1-3-32-25-26-21-12-11-19(23(29)30)14-22(21)28(25)15-17-7-9-18(10-8-17)24(31)33-16-20-6-4-5-13-27(20)2/h7-12,14,20H,3-6,13,15-16H2,1-2H3,(H,29,30). The van der Waals surface area contributed by atoms with Crippen molar-refractivity contribution in [3.63, 3.8) is 0 Å². The lowest BCUT2D eigenvalue weighted by Gasteiger charge is -2.31. The third-order valence-corrected chi connectivity index (χ3v) is 6.09. The van der Waals surface area contributed by atoms with Gasteiger partial charge >= 0.3 is 11.9 Å². The third kappa shape index (κ3) is 5.17. The van der Waals surface area contributed by atoms with E-state index in [1.54, 1.807) is 24.3 Å². The van der Waals surface area contributed by atoms with Crippen molar-refractivity contribution in [1.29, 1.82) is 0 Å². The number of aromatic nitrogens is 2. The molecule has 1 aliphatic rings. The summed E-state index contributed by atoms with van der Waals surface area (Å²) in [7, 11) is 2.07. The number of fused-ring (bicyclic) bond motifs is 1. The lowest BCUT2D eigenvalue weighted by Crippen LogP contribution is -2.39. The lowest BCUT2D eigenvalue weighted by atomic mass is 10.0. The SMILES string of the molecule is CCOc1nc2ccc(C(=O)O)cc2n1Cc1ccc(C(=O)OCC2CCCCN2C)cc1. The summed E-state index contributed by atoms with van der Waals surface area (Å²) in [5.74, 6) is -1.32. The Morgan fingerprint density at radius 3 is 2.58 bits per heavy atom. The summed E-state index contributed by atoms with van der Waals surface area (Å²) < 4.78 is 13.1. The fraction of sp³-hybridized carbons (Fsp3) is 0.400. The van der Waals surface area contributed by atoms with E-state index >= 15 is 0 Å². The molecule has 1 aliphatic heterocycles. The van der Waals surface area contributed by atoms with Crippen LogP contribution in [0.1, 0.15) is 52.5 Å². The van der Waals surface area contributed by atoms with E-state index in [2.05, 4.69) is 16.9 Å². The highest BCUT2D eigenvalue weighted by atomic mass is 16.5. The highest BCUT2D eigenvalue weighted by Crippen LogP contribution is 2.25. The quantitative estimate of drug-likeness (QED) is 0.520. The van der Waals surface area contributed by atoms with E-state index in [1.165, 1.54) is 18.9 Å². The van der Waals surface area contributed by atoms with E-state index in [4.69, 9.17) is 9.47 Å². The second-order valence-electron chi connectivity index (χ2n) is 8.35. The molecule has 1 saturated heterocycles. The van der Waals surface area contributed by atoms with E-state index < -0.39 is 5.97 Å². The number of hydrogen-bond donors (Lipinski definition) is 1. The van der Waals surface area contributed by atoms with Gasteiger partial charge in [0, 0.05) is 6.04 Å². The zero-order chi connectivity index (χ0) is 23.4. The smallest absolute Gasteiger partial charge is 0.338 e. The molecule has 1 unspecified atom stereocenters. The molecule has 0 saturated carbocycles. The van der Waals surface area contributed by atoms with Gasteiger partial charge in [-0.2, -0.15) is 4.98 Å². The number of piperidine rings is 1. The number of likely N-dealkylation sites (N-methyl/N-ethyl adjacent to an activating group) is 1. The second-order valence-corrected chi connectivity index (χ2v) is 8.35. The molecule has 0 aliphatic carbocycles. The topological polar surface area (TPSA) is 93.9 Å². The van der Waals surface area contributed by atoms with Gasteiger partial charge in [0.15, 0.2) is 0 Å². The Morgan fingerprint density at radius 1 is 1.12 bits per heavy atom. The molecule has 1 aromatic heterocycles. The van der Waals surface area contributed by atoms with Crippen LogP contribution in [0, 0.1) is 0 Å². The predicted octanol–water partition coefficient (Wildman–Crippen LogP) is 3.82. The van der Waals surface area contributed by atoms with Crippen LogP contribution in [0.25, 0.3) is 11.0 Å². The van der Waals surface area contributed by atoms with Crippen molar-refractivity contribution in [1.82, 2.24) is 14.5 Å². The number of aromatic carboxylic acids is 1. The van der Waals surface area contributed by atoms with Crippen molar-refractivity contribution in [3.05, 3.63) is 59.2 Å². The van der Waals surface area contributed by atoms with Crippen molar-refractivity contribution in [3.8, 4) is 6.01 Å². The largest absolute Gasteiger partial charge is 0.478 e. The molecule has 2 aromatic carbocycles. The maximum absolute atomic E-state index is 12.5. The molecular weight excluding hydrogens is 422 g/mol. The molecule has 2 heterocycles. The fourth-order valence-electron chi connectivity index (χ4n) is 4.16. The van der Waals surface area contributed by atoms with Crippen LogP contribution >= 0.6 is 0 Å². The average Bonchev–Trinajstić information content (AvgIpc) is 3.15. The predicted molar refractivity (Wildman–Crippen MR) is 124 cm³/mol. The number of carboxylic acid groups (broad SMARTS) is 1. The van der Waals surface area contributed by atoms with Crippen LogP contribution in [0.3, 0.4) is 0 Å². The van der Waals surface area contributed by atoms with Gasteiger partial charge in [0.2, 0.25) is 0 Å². The van der Waals surface area contributed by atoms with Crippen LogP contribution in [0.4, 0.5) is 0 Å². The van der Waals surface area contributed by atoms with E-state index in [9.17, 15) is 14.7 Å². The number of carbonyl (C=O) groups excluding carboxylic acids is 1. The van der Waals surface area contributed by atoms with Crippen molar-refractivity contribution >= 4 is 23.0 Å². The maximum atomic E-state index is 12.5. The number of hydrogen-bond acceptors (Lipinski definition) is 6. The number of carbonyl (C=O) groups is 2. The molecule has 1 N–H and O–H groups in total. The molecule has 3 aromatic rings. The van der Waals surface area contributed by atoms with Crippen LogP contribution in [-0.4, -0.2) is 64.3 Å². The Labute approximate surface area is 192 Å². The average molecular weight is 452 g/mol. The molecule has 1 atom stereocenters. The number of carboxylic acids is 1. The lowest BCUT2D eigenvalue weighted by molar-refractivity contribution is 0.0328. The molecule has 8 nitrogen and oxygen atoms in total. The van der Waals surface area contributed by atoms with Crippen molar-refractivity contribution < 1.29 is 24.2 Å². The van der Waals surface area contributed by atoms with Crippen LogP contribution < -0.4 is 4.74 Å². The molecule has 0 amide bonds. The van der Waals surface area contributed by atoms with Gasteiger partial charge in [-0.15, -0.1) is 0 Å². The van der Waals surface area contributed by atoms with E-state index in [1.807, 2.05) is 23.6 Å². The van der Waals surface area contributed by atoms with Crippen LogP contribution in [0.2, 0.25) is 0 Å². The Kier molecular flexibility index (Phi) is 6.93. The monoisotopic (exact) mass is 451 g/mol. The Hall–Kier alpha value is -3.39. The first-order valence-corrected chi connectivity index (χ1v) is 11.3. The van der Waals surface area contributed by atoms with Gasteiger partial charge in [-0.25, -0.2) is 9.59 Å². The van der Waals surface area contributed by atoms with Gasteiger partial charge < -0.3 is 19.5 Å². The molecule has 4 rings (SSSR count). The summed E-state index contributed by atoms with van der Waals surface area (Å²) >= 11 is 0. The summed E-state index contributed by atoms with van der Waals surface area (Å²) in [4.78, 5) is 30.7. The Morgan fingerprint density at radius 2 is 1.88 bits per heavy atom. The molecule has 0 radical (unpaired) electrons. The zero-order valence-electron chi connectivity index (χ0n) is 19.0. The first-order chi connectivity index (χ1) is 16.0. The number of nitrogens with zero attached hydrogens (tertiary/aromatic N) is 3. The van der Waals surface area contributed by atoms with Gasteiger partial charge in [0.1, 0.15) is 6.61 Å². The number of imidazole rings is 1. The minimum absolute atomic E-state index is 0.188. The van der Waals surface area contributed by atoms with Crippen LogP contribution in [0.15, 0.2) is 42.5 Å².